The number of aliphatic hydroxyl groups is 1. The Balaban J connectivity index is 1.58. The molecule has 1 amide bonds. The number of hydrogen-bond donors (Lipinski definition) is 3. The number of aliphatic hydroxyl groups excluding tert-OH is 1. The summed E-state index contributed by atoms with van der Waals surface area (Å²) in [5, 5.41) is 14.0. The average Bonchev–Trinajstić information content (AvgIpc) is 3.22. The molecule has 158 valence electrons. The molecule has 1 atom stereocenters. The zero-order valence-corrected chi connectivity index (χ0v) is 17.5. The number of benzene rings is 3. The number of aromatic amines is 1. The fourth-order valence-corrected chi connectivity index (χ4v) is 3.79. The lowest BCUT2D eigenvalue weighted by Crippen LogP contribution is -2.39. The molecule has 0 saturated heterocycles. The van der Waals surface area contributed by atoms with Crippen molar-refractivity contribution >= 4 is 16.8 Å². The molecule has 1 unspecified atom stereocenters. The summed E-state index contributed by atoms with van der Waals surface area (Å²) in [7, 11) is 0. The Bertz CT molecular complexity index is 1170. The first kappa shape index (κ1) is 20.7. The maximum absolute atomic E-state index is 13.2. The number of rotatable bonds is 8. The Hall–Kier alpha value is -3.57. The summed E-state index contributed by atoms with van der Waals surface area (Å²) >= 11 is 0. The molecule has 0 aliphatic carbocycles. The van der Waals surface area contributed by atoms with Crippen molar-refractivity contribution in [3.8, 4) is 16.9 Å². The SMILES string of the molecule is CCOc1ccc(-c2ccccc2)cc1C(=O)NC(CO)Cc1c[nH]c2ccccc12. The molecule has 3 aromatic carbocycles. The average molecular weight is 415 g/mol. The molecular weight excluding hydrogens is 388 g/mol. The third-order valence-electron chi connectivity index (χ3n) is 5.33. The molecule has 5 heteroatoms. The number of nitrogens with one attached hydrogen (secondary N) is 2. The highest BCUT2D eigenvalue weighted by Crippen LogP contribution is 2.27. The zero-order chi connectivity index (χ0) is 21.6. The van der Waals surface area contributed by atoms with Crippen molar-refractivity contribution in [2.24, 2.45) is 0 Å². The maximum Gasteiger partial charge on any atom is 0.255 e. The Morgan fingerprint density at radius 2 is 1.81 bits per heavy atom. The molecule has 0 saturated carbocycles. The Labute approximate surface area is 181 Å². The van der Waals surface area contributed by atoms with E-state index in [-0.39, 0.29) is 12.5 Å². The Morgan fingerprint density at radius 1 is 1.03 bits per heavy atom. The van der Waals surface area contributed by atoms with Gasteiger partial charge in [-0.15, -0.1) is 0 Å². The fourth-order valence-electron chi connectivity index (χ4n) is 3.79. The molecule has 1 aromatic heterocycles. The van der Waals surface area contributed by atoms with Crippen molar-refractivity contribution in [3.63, 3.8) is 0 Å². The van der Waals surface area contributed by atoms with Crippen LogP contribution in [0.3, 0.4) is 0 Å². The number of carbonyl (C=O) groups is 1. The molecule has 3 N–H and O–H groups in total. The van der Waals surface area contributed by atoms with Crippen molar-refractivity contribution in [2.75, 3.05) is 13.2 Å². The number of ether oxygens (including phenoxy) is 1. The van der Waals surface area contributed by atoms with Crippen molar-refractivity contribution in [3.05, 3.63) is 90.1 Å². The predicted molar refractivity (Wildman–Crippen MR) is 123 cm³/mol. The lowest BCUT2D eigenvalue weighted by atomic mass is 10.0. The van der Waals surface area contributed by atoms with Crippen molar-refractivity contribution < 1.29 is 14.6 Å². The quantitative estimate of drug-likeness (QED) is 0.395. The minimum absolute atomic E-state index is 0.159. The number of aromatic nitrogens is 1. The van der Waals surface area contributed by atoms with Crippen LogP contribution in [-0.2, 0) is 6.42 Å². The third kappa shape index (κ3) is 4.62. The second-order valence-corrected chi connectivity index (χ2v) is 7.43. The van der Waals surface area contributed by atoms with Crippen molar-refractivity contribution in [2.45, 2.75) is 19.4 Å². The van der Waals surface area contributed by atoms with E-state index in [1.807, 2.05) is 85.9 Å². The first-order valence-electron chi connectivity index (χ1n) is 10.5. The third-order valence-corrected chi connectivity index (χ3v) is 5.33. The molecule has 31 heavy (non-hydrogen) atoms. The van der Waals surface area contributed by atoms with E-state index < -0.39 is 6.04 Å². The van der Waals surface area contributed by atoms with Gasteiger partial charge in [-0.1, -0.05) is 54.6 Å². The number of hydrogen-bond acceptors (Lipinski definition) is 3. The van der Waals surface area contributed by atoms with Crippen LogP contribution < -0.4 is 10.1 Å². The number of amides is 1. The maximum atomic E-state index is 13.2. The van der Waals surface area contributed by atoms with Crippen LogP contribution in [0.2, 0.25) is 0 Å². The van der Waals surface area contributed by atoms with Gasteiger partial charge in [0.05, 0.1) is 24.8 Å². The van der Waals surface area contributed by atoms with Gasteiger partial charge in [-0.25, -0.2) is 0 Å². The molecule has 0 bridgehead atoms. The van der Waals surface area contributed by atoms with Crippen LogP contribution >= 0.6 is 0 Å². The monoisotopic (exact) mass is 414 g/mol. The van der Waals surface area contributed by atoms with Gasteiger partial charge in [-0.05, 0) is 48.2 Å². The van der Waals surface area contributed by atoms with Crippen LogP contribution in [0.4, 0.5) is 0 Å². The van der Waals surface area contributed by atoms with E-state index in [4.69, 9.17) is 4.74 Å². The molecular formula is C26H26N2O3. The largest absolute Gasteiger partial charge is 0.493 e. The summed E-state index contributed by atoms with van der Waals surface area (Å²) in [6.45, 7) is 2.19. The summed E-state index contributed by atoms with van der Waals surface area (Å²) in [5.41, 5.74) is 4.51. The second-order valence-electron chi connectivity index (χ2n) is 7.43. The molecule has 4 rings (SSSR count). The van der Waals surface area contributed by atoms with E-state index >= 15 is 0 Å². The van der Waals surface area contributed by atoms with Crippen LogP contribution in [0.25, 0.3) is 22.0 Å². The number of para-hydroxylation sites is 1. The van der Waals surface area contributed by atoms with Gasteiger partial charge in [0.2, 0.25) is 0 Å². The predicted octanol–water partition coefficient (Wildman–Crippen LogP) is 4.57. The standard InChI is InChI=1S/C26H26N2O3/c1-2-31-25-13-12-19(18-8-4-3-5-9-18)15-23(25)26(30)28-21(17-29)14-20-16-27-24-11-7-6-10-22(20)24/h3-13,15-16,21,27,29H,2,14,17H2,1H3,(H,28,30). The van der Waals surface area contributed by atoms with Gasteiger partial charge >= 0.3 is 0 Å². The summed E-state index contributed by atoms with van der Waals surface area (Å²) in [6.07, 6.45) is 2.45. The van der Waals surface area contributed by atoms with E-state index in [0.29, 0.717) is 24.3 Å². The minimum atomic E-state index is -0.415. The minimum Gasteiger partial charge on any atom is -0.493 e. The molecule has 0 fully saturated rings. The summed E-state index contributed by atoms with van der Waals surface area (Å²) in [6, 6.07) is 23.1. The summed E-state index contributed by atoms with van der Waals surface area (Å²) < 4.78 is 5.70. The van der Waals surface area contributed by atoms with Gasteiger partial charge in [-0.2, -0.15) is 0 Å². The first-order chi connectivity index (χ1) is 15.2. The van der Waals surface area contributed by atoms with Crippen LogP contribution in [0, 0.1) is 0 Å². The smallest absolute Gasteiger partial charge is 0.255 e. The van der Waals surface area contributed by atoms with E-state index in [2.05, 4.69) is 10.3 Å². The highest BCUT2D eigenvalue weighted by atomic mass is 16.5. The second kappa shape index (κ2) is 9.49. The number of fused-ring (bicyclic) bond motifs is 1. The molecule has 4 aromatic rings. The van der Waals surface area contributed by atoms with Crippen LogP contribution in [-0.4, -0.2) is 35.3 Å². The van der Waals surface area contributed by atoms with Crippen molar-refractivity contribution in [1.82, 2.24) is 10.3 Å². The normalized spacial score (nSPS) is 11.9. The Kier molecular flexibility index (Phi) is 6.34. The van der Waals surface area contributed by atoms with E-state index in [9.17, 15) is 9.90 Å². The highest BCUT2D eigenvalue weighted by Gasteiger charge is 2.19. The molecule has 0 spiro atoms. The van der Waals surface area contributed by atoms with Crippen LogP contribution in [0.15, 0.2) is 79.0 Å². The van der Waals surface area contributed by atoms with Gasteiger partial charge in [0.1, 0.15) is 5.75 Å². The number of carbonyl (C=O) groups excluding carboxylic acids is 1. The topological polar surface area (TPSA) is 74.3 Å². The van der Waals surface area contributed by atoms with Gasteiger partial charge in [0.25, 0.3) is 5.91 Å². The molecule has 5 nitrogen and oxygen atoms in total. The molecule has 0 aliphatic rings. The molecule has 1 heterocycles. The van der Waals surface area contributed by atoms with Crippen molar-refractivity contribution in [1.29, 1.82) is 0 Å². The van der Waals surface area contributed by atoms with Gasteiger partial charge < -0.3 is 20.1 Å². The van der Waals surface area contributed by atoms with Crippen LogP contribution in [0.5, 0.6) is 5.75 Å². The highest BCUT2D eigenvalue weighted by molar-refractivity contribution is 5.98. The Morgan fingerprint density at radius 3 is 2.58 bits per heavy atom. The lowest BCUT2D eigenvalue weighted by Gasteiger charge is -2.18. The molecule has 0 radical (unpaired) electrons. The number of H-pyrrole nitrogens is 1. The van der Waals surface area contributed by atoms with Gasteiger partial charge in [-0.3, -0.25) is 4.79 Å². The van der Waals surface area contributed by atoms with E-state index in [0.717, 1.165) is 27.6 Å². The molecule has 0 aliphatic heterocycles. The van der Waals surface area contributed by atoms with E-state index in [1.165, 1.54) is 0 Å². The van der Waals surface area contributed by atoms with Crippen LogP contribution in [0.1, 0.15) is 22.8 Å². The van der Waals surface area contributed by atoms with Gasteiger partial charge in [0, 0.05) is 17.1 Å². The summed E-state index contributed by atoms with van der Waals surface area (Å²) in [5.74, 6) is 0.267. The summed E-state index contributed by atoms with van der Waals surface area (Å²) in [4.78, 5) is 16.4. The first-order valence-corrected chi connectivity index (χ1v) is 10.5. The lowest BCUT2D eigenvalue weighted by molar-refractivity contribution is 0.0913. The van der Waals surface area contributed by atoms with Gasteiger partial charge in [0.15, 0.2) is 0 Å². The van der Waals surface area contributed by atoms with E-state index in [1.54, 1.807) is 0 Å². The fraction of sp³-hybridized carbons (Fsp3) is 0.192. The zero-order valence-electron chi connectivity index (χ0n) is 17.5.